The quantitative estimate of drug-likeness (QED) is 0.859. The van der Waals surface area contributed by atoms with Gasteiger partial charge in [0.25, 0.3) is 0 Å². The Hall–Kier alpha value is -2.15. The fraction of sp³-hybridized carbons (Fsp3) is 0.632. The second-order valence-electron chi connectivity index (χ2n) is 7.66. The van der Waals surface area contributed by atoms with Gasteiger partial charge in [-0.15, -0.1) is 0 Å². The van der Waals surface area contributed by atoms with Gasteiger partial charge in [0, 0.05) is 56.5 Å². The summed E-state index contributed by atoms with van der Waals surface area (Å²) in [6.07, 6.45) is 12.1. The van der Waals surface area contributed by atoms with Gasteiger partial charge in [-0.25, -0.2) is 9.78 Å². The van der Waals surface area contributed by atoms with Crippen LogP contribution < -0.4 is 5.32 Å². The minimum atomic E-state index is -0.955. The molecule has 2 aromatic heterocycles. The number of hydrogen-bond acceptors (Lipinski definition) is 4. The molecule has 0 aromatic carbocycles. The number of nitrogens with one attached hydrogen (secondary N) is 1. The topological polar surface area (TPSA) is 85.0 Å². The van der Waals surface area contributed by atoms with Gasteiger partial charge < -0.3 is 15.0 Å². The molecule has 2 N–H and O–H groups in total. The van der Waals surface area contributed by atoms with Crippen LogP contribution in [0.25, 0.3) is 0 Å². The first-order valence-corrected chi connectivity index (χ1v) is 9.65. The minimum absolute atomic E-state index is 0.146. The number of aromatic nitrogens is 4. The predicted octanol–water partition coefficient (Wildman–Crippen LogP) is 2.47. The van der Waals surface area contributed by atoms with E-state index in [1.165, 1.54) is 43.4 Å². The molecule has 4 rings (SSSR count). The number of hydrogen-bond donors (Lipinski definition) is 2. The van der Waals surface area contributed by atoms with Crippen LogP contribution in [0.1, 0.15) is 72.0 Å². The number of nitrogens with zero attached hydrogens (tertiary/aromatic N) is 4. The summed E-state index contributed by atoms with van der Waals surface area (Å²) in [5.41, 5.74) is 2.72. The number of rotatable bonds is 5. The zero-order valence-electron chi connectivity index (χ0n) is 15.3. The molecule has 26 heavy (non-hydrogen) atoms. The molecule has 1 fully saturated rings. The highest BCUT2D eigenvalue weighted by molar-refractivity contribution is 5.85. The summed E-state index contributed by atoms with van der Waals surface area (Å²) in [6, 6.07) is 0.331. The van der Waals surface area contributed by atoms with Crippen molar-refractivity contribution in [3.63, 3.8) is 0 Å². The summed E-state index contributed by atoms with van der Waals surface area (Å²) < 4.78 is 3.92. The van der Waals surface area contributed by atoms with Gasteiger partial charge in [-0.2, -0.15) is 5.10 Å². The summed E-state index contributed by atoms with van der Waals surface area (Å²) in [5, 5.41) is 17.5. The molecule has 0 bridgehead atoms. The van der Waals surface area contributed by atoms with E-state index in [-0.39, 0.29) is 5.69 Å². The highest BCUT2D eigenvalue weighted by atomic mass is 16.4. The van der Waals surface area contributed by atoms with Crippen molar-refractivity contribution in [3.8, 4) is 0 Å². The Morgan fingerprint density at radius 1 is 1.27 bits per heavy atom. The lowest BCUT2D eigenvalue weighted by atomic mass is 9.85. The molecule has 1 aliphatic carbocycles. The average Bonchev–Trinajstić information content (AvgIpc) is 3.23. The molecule has 1 unspecified atom stereocenters. The third-order valence-electron chi connectivity index (χ3n) is 5.72. The maximum Gasteiger partial charge on any atom is 0.356 e. The molecule has 1 aliphatic heterocycles. The highest BCUT2D eigenvalue weighted by Crippen LogP contribution is 2.33. The maximum absolute atomic E-state index is 11.1. The molecule has 0 radical (unpaired) electrons. The predicted molar refractivity (Wildman–Crippen MR) is 97.2 cm³/mol. The molecule has 7 heteroatoms. The van der Waals surface area contributed by atoms with Crippen molar-refractivity contribution in [3.05, 3.63) is 35.2 Å². The van der Waals surface area contributed by atoms with Gasteiger partial charge in [-0.1, -0.05) is 19.3 Å². The number of fused-ring (bicyclic) bond motifs is 1. The second kappa shape index (κ2) is 7.23. The smallest absolute Gasteiger partial charge is 0.356 e. The summed E-state index contributed by atoms with van der Waals surface area (Å²) in [7, 11) is 2.00. The van der Waals surface area contributed by atoms with E-state index in [0.717, 1.165) is 31.8 Å². The zero-order chi connectivity index (χ0) is 18.1. The van der Waals surface area contributed by atoms with Gasteiger partial charge in [-0.05, 0) is 19.3 Å². The number of aryl methyl sites for hydroxylation is 2. The molecule has 0 amide bonds. The molecule has 3 heterocycles. The number of aromatic carboxylic acids is 1. The van der Waals surface area contributed by atoms with E-state index in [1.807, 2.05) is 16.3 Å². The number of carboxylic acid groups (broad SMARTS) is 1. The first-order valence-electron chi connectivity index (χ1n) is 9.65. The Morgan fingerprint density at radius 2 is 2.08 bits per heavy atom. The molecule has 2 aliphatic rings. The minimum Gasteiger partial charge on any atom is -0.476 e. The highest BCUT2D eigenvalue weighted by Gasteiger charge is 2.24. The van der Waals surface area contributed by atoms with E-state index in [9.17, 15) is 4.79 Å². The molecule has 2 aromatic rings. The Morgan fingerprint density at radius 3 is 2.85 bits per heavy atom. The van der Waals surface area contributed by atoms with E-state index in [4.69, 9.17) is 10.2 Å². The first kappa shape index (κ1) is 17.3. The van der Waals surface area contributed by atoms with Crippen LogP contribution in [0.2, 0.25) is 0 Å². The average molecular weight is 357 g/mol. The van der Waals surface area contributed by atoms with Crippen molar-refractivity contribution in [1.29, 1.82) is 0 Å². The summed E-state index contributed by atoms with van der Waals surface area (Å²) >= 11 is 0. The lowest BCUT2D eigenvalue weighted by Gasteiger charge is -2.25. The molecule has 0 spiro atoms. The van der Waals surface area contributed by atoms with Gasteiger partial charge in [-0.3, -0.25) is 4.68 Å². The van der Waals surface area contributed by atoms with Crippen LogP contribution in [0.4, 0.5) is 0 Å². The Labute approximate surface area is 153 Å². The molecular formula is C19H27N5O2. The van der Waals surface area contributed by atoms with Gasteiger partial charge in [0.2, 0.25) is 0 Å². The SMILES string of the molecule is Cn1cc(CNC2CCc3nc(C(=O)O)cn3C2)c(C2CCCCC2)n1. The van der Waals surface area contributed by atoms with Crippen LogP contribution in [0, 0.1) is 0 Å². The maximum atomic E-state index is 11.1. The standard InChI is InChI=1S/C19H27N5O2/c1-23-10-14(18(22-23)13-5-3-2-4-6-13)9-20-15-7-8-17-21-16(19(25)26)12-24(17)11-15/h10,12-13,15,20H,2-9,11H2,1H3,(H,25,26). The van der Waals surface area contributed by atoms with Crippen LogP contribution in [-0.4, -0.2) is 36.4 Å². The van der Waals surface area contributed by atoms with Gasteiger partial charge in [0.15, 0.2) is 5.69 Å². The molecule has 7 nitrogen and oxygen atoms in total. The second-order valence-corrected chi connectivity index (χ2v) is 7.66. The Bertz CT molecular complexity index is 788. The largest absolute Gasteiger partial charge is 0.476 e. The van der Waals surface area contributed by atoms with Crippen molar-refractivity contribution in [2.45, 2.75) is 70.0 Å². The van der Waals surface area contributed by atoms with Crippen LogP contribution in [0.3, 0.4) is 0 Å². The van der Waals surface area contributed by atoms with Crippen molar-refractivity contribution in [2.75, 3.05) is 0 Å². The van der Waals surface area contributed by atoms with Gasteiger partial charge >= 0.3 is 5.97 Å². The Kier molecular flexibility index (Phi) is 4.80. The third kappa shape index (κ3) is 3.53. The van der Waals surface area contributed by atoms with Gasteiger partial charge in [0.05, 0.1) is 5.69 Å². The molecular weight excluding hydrogens is 330 g/mol. The van der Waals surface area contributed by atoms with Gasteiger partial charge in [0.1, 0.15) is 5.82 Å². The fourth-order valence-electron chi connectivity index (χ4n) is 4.38. The molecule has 1 atom stereocenters. The van der Waals surface area contributed by atoms with E-state index in [1.54, 1.807) is 6.20 Å². The van der Waals surface area contributed by atoms with Crippen LogP contribution in [0.15, 0.2) is 12.4 Å². The lowest BCUT2D eigenvalue weighted by molar-refractivity contribution is 0.0691. The summed E-state index contributed by atoms with van der Waals surface area (Å²) in [4.78, 5) is 15.3. The van der Waals surface area contributed by atoms with Crippen LogP contribution in [-0.2, 0) is 26.6 Å². The Balaban J connectivity index is 1.41. The van der Waals surface area contributed by atoms with E-state index in [0.29, 0.717) is 12.0 Å². The van der Waals surface area contributed by atoms with Crippen molar-refractivity contribution in [2.24, 2.45) is 7.05 Å². The number of imidazole rings is 1. The first-order chi connectivity index (χ1) is 12.6. The normalized spacial score (nSPS) is 20.9. The van der Waals surface area contributed by atoms with Crippen LogP contribution in [0.5, 0.6) is 0 Å². The summed E-state index contributed by atoms with van der Waals surface area (Å²) in [6.45, 7) is 1.59. The monoisotopic (exact) mass is 357 g/mol. The van der Waals surface area contributed by atoms with E-state index in [2.05, 4.69) is 16.5 Å². The van der Waals surface area contributed by atoms with Crippen molar-refractivity contribution >= 4 is 5.97 Å². The zero-order valence-corrected chi connectivity index (χ0v) is 15.3. The molecule has 140 valence electrons. The van der Waals surface area contributed by atoms with Crippen molar-refractivity contribution in [1.82, 2.24) is 24.6 Å². The number of carboxylic acids is 1. The summed E-state index contributed by atoms with van der Waals surface area (Å²) in [5.74, 6) is 0.528. The molecule has 1 saturated carbocycles. The molecule has 0 saturated heterocycles. The fourth-order valence-corrected chi connectivity index (χ4v) is 4.38. The van der Waals surface area contributed by atoms with Crippen LogP contribution >= 0.6 is 0 Å². The van der Waals surface area contributed by atoms with E-state index >= 15 is 0 Å². The van der Waals surface area contributed by atoms with Crippen molar-refractivity contribution < 1.29 is 9.90 Å². The third-order valence-corrected chi connectivity index (χ3v) is 5.72. The number of carbonyl (C=O) groups is 1. The van der Waals surface area contributed by atoms with E-state index < -0.39 is 5.97 Å². The lowest BCUT2D eigenvalue weighted by Crippen LogP contribution is -2.37.